The van der Waals surface area contributed by atoms with Gasteiger partial charge in [0.2, 0.25) is 0 Å². The van der Waals surface area contributed by atoms with E-state index in [9.17, 15) is 0 Å². The molecule has 0 atom stereocenters. The van der Waals surface area contributed by atoms with E-state index in [2.05, 4.69) is 11.3 Å². The summed E-state index contributed by atoms with van der Waals surface area (Å²) >= 11 is 0. The molecule has 16 heavy (non-hydrogen) atoms. The molecule has 3 nitrogen and oxygen atoms in total. The molecule has 0 bridgehead atoms. The highest BCUT2D eigenvalue weighted by Crippen LogP contribution is 2.34. The molecule has 0 aliphatic heterocycles. The number of aromatic nitrogens is 2. The van der Waals surface area contributed by atoms with Gasteiger partial charge in [-0.05, 0) is 43.7 Å². The fourth-order valence-corrected chi connectivity index (χ4v) is 2.77. The van der Waals surface area contributed by atoms with E-state index in [-0.39, 0.29) is 0 Å². The van der Waals surface area contributed by atoms with E-state index in [4.69, 9.17) is 5.73 Å². The predicted molar refractivity (Wildman–Crippen MR) is 66.4 cm³/mol. The lowest BCUT2D eigenvalue weighted by Gasteiger charge is -2.21. The van der Waals surface area contributed by atoms with Gasteiger partial charge in [0.1, 0.15) is 0 Å². The molecule has 1 aromatic rings. The largest absolute Gasteiger partial charge is 0.330 e. The molecule has 0 aromatic carbocycles. The van der Waals surface area contributed by atoms with Gasteiger partial charge >= 0.3 is 0 Å². The zero-order valence-electron chi connectivity index (χ0n) is 10.3. The van der Waals surface area contributed by atoms with Gasteiger partial charge in [-0.1, -0.05) is 19.3 Å². The van der Waals surface area contributed by atoms with Crippen molar-refractivity contribution in [2.45, 2.75) is 50.9 Å². The van der Waals surface area contributed by atoms with Crippen LogP contribution in [0.1, 0.15) is 55.7 Å². The Morgan fingerprint density at radius 1 is 1.38 bits per heavy atom. The molecule has 1 fully saturated rings. The second kappa shape index (κ2) is 5.48. The Bertz CT molecular complexity index is 324. The van der Waals surface area contributed by atoms with Crippen LogP contribution in [0.2, 0.25) is 0 Å². The summed E-state index contributed by atoms with van der Waals surface area (Å²) in [6.07, 6.45) is 11.2. The molecule has 0 amide bonds. The maximum absolute atomic E-state index is 5.58. The highest BCUT2D eigenvalue weighted by Gasteiger charge is 2.20. The topological polar surface area (TPSA) is 43.8 Å². The number of hydrogen-bond donors (Lipinski definition) is 1. The van der Waals surface area contributed by atoms with Gasteiger partial charge in [-0.15, -0.1) is 0 Å². The van der Waals surface area contributed by atoms with Gasteiger partial charge in [0.25, 0.3) is 0 Å². The van der Waals surface area contributed by atoms with Crippen LogP contribution < -0.4 is 5.73 Å². The van der Waals surface area contributed by atoms with Crippen molar-refractivity contribution in [1.82, 2.24) is 9.78 Å². The van der Waals surface area contributed by atoms with Gasteiger partial charge in [-0.25, -0.2) is 0 Å². The Kier molecular flexibility index (Phi) is 3.99. The summed E-state index contributed by atoms with van der Waals surface area (Å²) in [6.45, 7) is 0.765. The minimum Gasteiger partial charge on any atom is -0.330 e. The fraction of sp³-hybridized carbons (Fsp3) is 0.769. The van der Waals surface area contributed by atoms with Crippen LogP contribution >= 0.6 is 0 Å². The maximum atomic E-state index is 5.58. The molecule has 1 aliphatic rings. The highest BCUT2D eigenvalue weighted by atomic mass is 15.2. The fourth-order valence-electron chi connectivity index (χ4n) is 2.77. The maximum Gasteiger partial charge on any atom is 0.0659 e. The Morgan fingerprint density at radius 3 is 2.81 bits per heavy atom. The lowest BCUT2D eigenvalue weighted by atomic mass is 9.84. The zero-order chi connectivity index (χ0) is 11.4. The molecule has 1 saturated carbocycles. The Balaban J connectivity index is 2.10. The standard InChI is InChI=1S/C13H23N3/c1-16-10-12(11-6-3-2-4-7-11)13(15-16)8-5-9-14/h10-11H,2-9,14H2,1H3. The van der Waals surface area contributed by atoms with E-state index in [1.54, 1.807) is 0 Å². The second-order valence-electron chi connectivity index (χ2n) is 4.93. The third-order valence-electron chi connectivity index (χ3n) is 3.60. The summed E-state index contributed by atoms with van der Waals surface area (Å²) < 4.78 is 1.97. The molecule has 1 aromatic heterocycles. The van der Waals surface area contributed by atoms with E-state index in [0.29, 0.717) is 0 Å². The van der Waals surface area contributed by atoms with Crippen LogP contribution in [0.15, 0.2) is 6.20 Å². The molecule has 3 heteroatoms. The third kappa shape index (κ3) is 2.64. The van der Waals surface area contributed by atoms with E-state index in [0.717, 1.165) is 25.3 Å². The van der Waals surface area contributed by atoms with Crippen molar-refractivity contribution < 1.29 is 0 Å². The summed E-state index contributed by atoms with van der Waals surface area (Å²) in [5, 5.41) is 4.58. The van der Waals surface area contributed by atoms with Gasteiger partial charge in [-0.3, -0.25) is 4.68 Å². The summed E-state index contributed by atoms with van der Waals surface area (Å²) in [6, 6.07) is 0. The Labute approximate surface area is 98.0 Å². The SMILES string of the molecule is Cn1cc(C2CCCCC2)c(CCCN)n1. The molecular weight excluding hydrogens is 198 g/mol. The predicted octanol–water partition coefficient (Wildman–Crippen LogP) is 2.36. The number of nitrogens with zero attached hydrogens (tertiary/aromatic N) is 2. The second-order valence-corrected chi connectivity index (χ2v) is 4.93. The van der Waals surface area contributed by atoms with Crippen molar-refractivity contribution in [2.75, 3.05) is 6.54 Å². The normalized spacial score (nSPS) is 17.9. The lowest BCUT2D eigenvalue weighted by molar-refractivity contribution is 0.441. The van der Waals surface area contributed by atoms with E-state index in [1.807, 2.05) is 11.7 Å². The minimum absolute atomic E-state index is 0.759. The van der Waals surface area contributed by atoms with Gasteiger partial charge in [0.15, 0.2) is 0 Å². The van der Waals surface area contributed by atoms with Crippen molar-refractivity contribution in [3.8, 4) is 0 Å². The zero-order valence-corrected chi connectivity index (χ0v) is 10.3. The Morgan fingerprint density at radius 2 is 2.12 bits per heavy atom. The first-order valence-electron chi connectivity index (χ1n) is 6.53. The molecular formula is C13H23N3. The molecule has 1 heterocycles. The number of nitrogens with two attached hydrogens (primary N) is 1. The third-order valence-corrected chi connectivity index (χ3v) is 3.60. The number of hydrogen-bond acceptors (Lipinski definition) is 2. The molecule has 1 aliphatic carbocycles. The van der Waals surface area contributed by atoms with Crippen LogP contribution in [-0.4, -0.2) is 16.3 Å². The van der Waals surface area contributed by atoms with Crippen molar-refractivity contribution in [2.24, 2.45) is 12.8 Å². The molecule has 0 saturated heterocycles. The van der Waals surface area contributed by atoms with Crippen molar-refractivity contribution in [3.63, 3.8) is 0 Å². The monoisotopic (exact) mass is 221 g/mol. The van der Waals surface area contributed by atoms with Gasteiger partial charge in [-0.2, -0.15) is 5.10 Å². The van der Waals surface area contributed by atoms with Crippen LogP contribution in [0, 0.1) is 0 Å². The smallest absolute Gasteiger partial charge is 0.0659 e. The summed E-state index contributed by atoms with van der Waals surface area (Å²) in [7, 11) is 2.03. The summed E-state index contributed by atoms with van der Waals surface area (Å²) in [4.78, 5) is 0. The first kappa shape index (κ1) is 11.6. The van der Waals surface area contributed by atoms with Crippen LogP contribution in [0.25, 0.3) is 0 Å². The first-order chi connectivity index (χ1) is 7.81. The van der Waals surface area contributed by atoms with Crippen LogP contribution in [0.3, 0.4) is 0 Å². The van der Waals surface area contributed by atoms with Crippen LogP contribution in [-0.2, 0) is 13.5 Å². The van der Waals surface area contributed by atoms with E-state index < -0.39 is 0 Å². The molecule has 2 rings (SSSR count). The quantitative estimate of drug-likeness (QED) is 0.848. The molecule has 2 N–H and O–H groups in total. The first-order valence-corrected chi connectivity index (χ1v) is 6.53. The molecule has 0 spiro atoms. The van der Waals surface area contributed by atoms with Gasteiger partial charge in [0, 0.05) is 13.2 Å². The highest BCUT2D eigenvalue weighted by molar-refractivity contribution is 5.22. The lowest BCUT2D eigenvalue weighted by Crippen LogP contribution is -2.07. The van der Waals surface area contributed by atoms with Gasteiger partial charge in [0.05, 0.1) is 5.69 Å². The molecule has 90 valence electrons. The summed E-state index contributed by atoms with van der Waals surface area (Å²) in [5.41, 5.74) is 8.36. The Hall–Kier alpha value is -0.830. The summed E-state index contributed by atoms with van der Waals surface area (Å²) in [5.74, 6) is 0.759. The number of aryl methyl sites for hydroxylation is 2. The van der Waals surface area contributed by atoms with Crippen molar-refractivity contribution in [3.05, 3.63) is 17.5 Å². The van der Waals surface area contributed by atoms with E-state index in [1.165, 1.54) is 43.4 Å². The van der Waals surface area contributed by atoms with Gasteiger partial charge < -0.3 is 5.73 Å². The van der Waals surface area contributed by atoms with Crippen LogP contribution in [0.4, 0.5) is 0 Å². The van der Waals surface area contributed by atoms with Crippen LogP contribution in [0.5, 0.6) is 0 Å². The van der Waals surface area contributed by atoms with Crippen molar-refractivity contribution in [1.29, 1.82) is 0 Å². The average molecular weight is 221 g/mol. The molecule has 0 unspecified atom stereocenters. The van der Waals surface area contributed by atoms with Crippen molar-refractivity contribution >= 4 is 0 Å². The number of rotatable bonds is 4. The molecule has 0 radical (unpaired) electrons. The minimum atomic E-state index is 0.759. The van der Waals surface area contributed by atoms with E-state index >= 15 is 0 Å². The average Bonchev–Trinajstić information content (AvgIpc) is 2.69.